The van der Waals surface area contributed by atoms with E-state index < -0.39 is 17.6 Å². The van der Waals surface area contributed by atoms with Gasteiger partial charge < -0.3 is 19.8 Å². The van der Waals surface area contributed by atoms with E-state index in [0.29, 0.717) is 18.3 Å². The van der Waals surface area contributed by atoms with E-state index in [9.17, 15) is 18.0 Å². The van der Waals surface area contributed by atoms with Crippen molar-refractivity contribution >= 4 is 11.7 Å². The van der Waals surface area contributed by atoms with Crippen molar-refractivity contribution in [2.75, 3.05) is 25.6 Å². The zero-order valence-corrected chi connectivity index (χ0v) is 19.2. The summed E-state index contributed by atoms with van der Waals surface area (Å²) in [7, 11) is 1.50. The summed E-state index contributed by atoms with van der Waals surface area (Å²) in [6.07, 6.45) is 2.16. The Morgan fingerprint density at radius 3 is 2.69 bits per heavy atom. The monoisotopic (exact) mass is 489 g/mol. The van der Waals surface area contributed by atoms with Crippen LogP contribution in [0.3, 0.4) is 0 Å². The van der Waals surface area contributed by atoms with E-state index in [-0.39, 0.29) is 35.1 Å². The van der Waals surface area contributed by atoms with Gasteiger partial charge in [-0.25, -0.2) is 4.98 Å². The van der Waals surface area contributed by atoms with Crippen LogP contribution in [0.25, 0.3) is 11.1 Å². The first-order chi connectivity index (χ1) is 16.8. The third kappa shape index (κ3) is 6.36. The average molecular weight is 489 g/mol. The smallest absolute Gasteiger partial charge is 0.417 e. The number of carbonyl (C=O) groups excluding carboxylic acids is 1. The van der Waals surface area contributed by atoms with Crippen molar-refractivity contribution < 1.29 is 27.4 Å². The van der Waals surface area contributed by atoms with Crippen LogP contribution >= 0.6 is 0 Å². The fourth-order valence-electron chi connectivity index (χ4n) is 4.16. The van der Waals surface area contributed by atoms with Crippen molar-refractivity contribution in [3.63, 3.8) is 0 Å². The van der Waals surface area contributed by atoms with Gasteiger partial charge in [-0.2, -0.15) is 13.2 Å². The van der Waals surface area contributed by atoms with Crippen LogP contribution in [0.2, 0.25) is 0 Å². The molecule has 0 saturated heterocycles. The molecule has 0 bridgehead atoms. The van der Waals surface area contributed by atoms with Gasteiger partial charge in [-0.3, -0.25) is 4.79 Å². The maximum absolute atomic E-state index is 13.7. The highest BCUT2D eigenvalue weighted by atomic mass is 19.4. The van der Waals surface area contributed by atoms with E-state index in [1.54, 1.807) is 0 Å². The SMILES string of the molecule is COCCOc1ccc(C(F)(F)F)c(-c2ccnc(NC(=O)c3nnc(CC4CCCC4)[nH]3)c2)c1. The second-order valence-corrected chi connectivity index (χ2v) is 8.41. The van der Waals surface area contributed by atoms with Gasteiger partial charge in [-0.1, -0.05) is 25.7 Å². The zero-order valence-electron chi connectivity index (χ0n) is 19.2. The lowest BCUT2D eigenvalue weighted by Crippen LogP contribution is -2.15. The lowest BCUT2D eigenvalue weighted by atomic mass is 9.99. The Balaban J connectivity index is 1.53. The van der Waals surface area contributed by atoms with Gasteiger partial charge in [0, 0.05) is 19.7 Å². The number of pyridine rings is 1. The van der Waals surface area contributed by atoms with E-state index >= 15 is 0 Å². The molecule has 0 atom stereocenters. The summed E-state index contributed by atoms with van der Waals surface area (Å²) in [5, 5.41) is 10.5. The minimum absolute atomic E-state index is 0.0229. The van der Waals surface area contributed by atoms with Crippen LogP contribution in [0.4, 0.5) is 19.0 Å². The molecule has 2 N–H and O–H groups in total. The molecule has 1 fully saturated rings. The van der Waals surface area contributed by atoms with Crippen LogP contribution in [0.1, 0.15) is 47.7 Å². The van der Waals surface area contributed by atoms with Crippen LogP contribution < -0.4 is 10.1 Å². The number of nitrogens with one attached hydrogen (secondary N) is 2. The zero-order chi connectivity index (χ0) is 24.8. The minimum Gasteiger partial charge on any atom is -0.491 e. The van der Waals surface area contributed by atoms with Gasteiger partial charge >= 0.3 is 6.18 Å². The number of ether oxygens (including phenoxy) is 2. The van der Waals surface area contributed by atoms with Crippen molar-refractivity contribution in [2.45, 2.75) is 38.3 Å². The first-order valence-electron chi connectivity index (χ1n) is 11.4. The van der Waals surface area contributed by atoms with Gasteiger partial charge in [0.15, 0.2) is 0 Å². The largest absolute Gasteiger partial charge is 0.491 e. The highest BCUT2D eigenvalue weighted by Crippen LogP contribution is 2.39. The molecule has 1 aliphatic carbocycles. The number of aromatic amines is 1. The molecule has 35 heavy (non-hydrogen) atoms. The molecule has 0 aliphatic heterocycles. The summed E-state index contributed by atoms with van der Waals surface area (Å²) in [5.74, 6) is 0.976. The molecule has 2 aromatic heterocycles. The third-order valence-electron chi connectivity index (χ3n) is 5.87. The molecule has 0 spiro atoms. The van der Waals surface area contributed by atoms with Gasteiger partial charge in [0.1, 0.15) is 24.0 Å². The number of alkyl halides is 3. The summed E-state index contributed by atoms with van der Waals surface area (Å²) in [6.45, 7) is 0.491. The summed E-state index contributed by atoms with van der Waals surface area (Å²) >= 11 is 0. The fraction of sp³-hybridized carbons (Fsp3) is 0.417. The van der Waals surface area contributed by atoms with Gasteiger partial charge in [-0.15, -0.1) is 10.2 Å². The Bertz CT molecular complexity index is 1160. The van der Waals surface area contributed by atoms with Crippen molar-refractivity contribution in [2.24, 2.45) is 5.92 Å². The predicted molar refractivity (Wildman–Crippen MR) is 122 cm³/mol. The summed E-state index contributed by atoms with van der Waals surface area (Å²) in [4.78, 5) is 19.6. The second-order valence-electron chi connectivity index (χ2n) is 8.41. The number of nitrogens with zero attached hydrogens (tertiary/aromatic N) is 3. The Labute approximate surface area is 200 Å². The average Bonchev–Trinajstić information content (AvgIpc) is 3.51. The van der Waals surface area contributed by atoms with Crippen molar-refractivity contribution in [3.05, 3.63) is 53.7 Å². The molecule has 1 aliphatic rings. The molecule has 0 radical (unpaired) electrons. The van der Waals surface area contributed by atoms with E-state index in [2.05, 4.69) is 25.5 Å². The summed E-state index contributed by atoms with van der Waals surface area (Å²) in [5.41, 5.74) is -0.699. The maximum atomic E-state index is 13.7. The fourth-order valence-corrected chi connectivity index (χ4v) is 4.16. The quantitative estimate of drug-likeness (QED) is 0.415. The first kappa shape index (κ1) is 24.6. The first-order valence-corrected chi connectivity index (χ1v) is 11.4. The number of carbonyl (C=O) groups is 1. The molecule has 1 amide bonds. The molecule has 0 unspecified atom stereocenters. The van der Waals surface area contributed by atoms with Crippen LogP contribution in [0.5, 0.6) is 5.75 Å². The van der Waals surface area contributed by atoms with Crippen molar-refractivity contribution in [1.82, 2.24) is 20.2 Å². The van der Waals surface area contributed by atoms with E-state index in [0.717, 1.165) is 25.3 Å². The maximum Gasteiger partial charge on any atom is 0.417 e. The molecule has 4 rings (SSSR count). The number of amides is 1. The molecule has 3 aromatic rings. The number of hydrogen-bond acceptors (Lipinski definition) is 6. The molecular formula is C24H26F3N5O3. The standard InChI is InChI=1S/C24H26F3N5O3/c1-34-10-11-35-17-6-7-19(24(25,26)27)18(14-17)16-8-9-28-20(13-16)30-23(33)22-29-21(31-32-22)12-15-4-2-3-5-15/h6-9,13-15H,2-5,10-12H2,1H3,(H,28,30,33)(H,29,31,32). The number of H-pyrrole nitrogens is 1. The predicted octanol–water partition coefficient (Wildman–Crippen LogP) is 4.90. The molecule has 11 heteroatoms. The Morgan fingerprint density at radius 2 is 1.94 bits per heavy atom. The van der Waals surface area contributed by atoms with Crippen LogP contribution in [-0.4, -0.2) is 46.4 Å². The molecule has 186 valence electrons. The number of rotatable bonds is 9. The van der Waals surface area contributed by atoms with E-state index in [1.165, 1.54) is 50.4 Å². The minimum atomic E-state index is -4.58. The van der Waals surface area contributed by atoms with Crippen LogP contribution in [0, 0.1) is 5.92 Å². The van der Waals surface area contributed by atoms with Crippen LogP contribution in [-0.2, 0) is 17.3 Å². The molecule has 1 saturated carbocycles. The van der Waals surface area contributed by atoms with Gasteiger partial charge in [0.05, 0.1) is 12.2 Å². The number of halogens is 3. The molecule has 8 nitrogen and oxygen atoms in total. The number of anilines is 1. The Kier molecular flexibility index (Phi) is 7.64. The number of hydrogen-bond donors (Lipinski definition) is 2. The highest BCUT2D eigenvalue weighted by molar-refractivity contribution is 6.01. The highest BCUT2D eigenvalue weighted by Gasteiger charge is 2.34. The number of aromatic nitrogens is 4. The normalized spacial score (nSPS) is 14.3. The second kappa shape index (κ2) is 10.9. The van der Waals surface area contributed by atoms with Gasteiger partial charge in [0.25, 0.3) is 5.91 Å². The third-order valence-corrected chi connectivity index (χ3v) is 5.87. The van der Waals surface area contributed by atoms with Crippen LogP contribution in [0.15, 0.2) is 36.5 Å². The Morgan fingerprint density at radius 1 is 1.14 bits per heavy atom. The molecule has 1 aromatic carbocycles. The van der Waals surface area contributed by atoms with E-state index in [1.807, 2.05) is 0 Å². The Hall–Kier alpha value is -3.47. The lowest BCUT2D eigenvalue weighted by molar-refractivity contribution is -0.137. The molecule has 2 heterocycles. The van der Waals surface area contributed by atoms with E-state index in [4.69, 9.17) is 9.47 Å². The van der Waals surface area contributed by atoms with Gasteiger partial charge in [-0.05, 0) is 47.4 Å². The number of methoxy groups -OCH3 is 1. The van der Waals surface area contributed by atoms with Gasteiger partial charge in [0.2, 0.25) is 5.82 Å². The summed E-state index contributed by atoms with van der Waals surface area (Å²) < 4.78 is 51.5. The van der Waals surface area contributed by atoms with Crippen molar-refractivity contribution in [3.8, 4) is 16.9 Å². The van der Waals surface area contributed by atoms with Crippen molar-refractivity contribution in [1.29, 1.82) is 0 Å². The number of benzene rings is 1. The topological polar surface area (TPSA) is 102 Å². The molecular weight excluding hydrogens is 463 g/mol. The lowest BCUT2D eigenvalue weighted by Gasteiger charge is -2.15. The summed E-state index contributed by atoms with van der Waals surface area (Å²) in [6, 6.07) is 6.35.